The number of nitrogens with one attached hydrogen (secondary N) is 2. The van der Waals surface area contributed by atoms with Crippen LogP contribution in [-0.4, -0.2) is 20.9 Å². The first kappa shape index (κ1) is 11.7. The number of nitrogens with two attached hydrogens (primary N) is 1. The summed E-state index contributed by atoms with van der Waals surface area (Å²) in [7, 11) is 0. The number of carbonyl (C=O) groups is 1. The maximum Gasteiger partial charge on any atom is 0.268 e. The number of nitrogens with zero attached hydrogens (tertiary/aromatic N) is 2. The molecule has 0 atom stereocenters. The maximum atomic E-state index is 12.0. The second-order valence-electron chi connectivity index (χ2n) is 3.79. The van der Waals surface area contributed by atoms with E-state index in [2.05, 4.69) is 52.1 Å². The van der Waals surface area contributed by atoms with Crippen molar-refractivity contribution in [2.45, 2.75) is 6.54 Å². The van der Waals surface area contributed by atoms with Crippen molar-refractivity contribution in [3.63, 3.8) is 0 Å². The molecule has 3 heterocycles. The van der Waals surface area contributed by atoms with Gasteiger partial charge in [0.15, 0.2) is 0 Å². The Morgan fingerprint density at radius 1 is 1.39 bits per heavy atom. The van der Waals surface area contributed by atoms with Gasteiger partial charge in [0.05, 0.1) is 14.8 Å². The molecule has 0 fully saturated rings. The van der Waals surface area contributed by atoms with Gasteiger partial charge in [0.25, 0.3) is 5.91 Å². The fourth-order valence-corrected chi connectivity index (χ4v) is 2.75. The highest BCUT2D eigenvalue weighted by Gasteiger charge is 2.27. The van der Waals surface area contributed by atoms with Gasteiger partial charge in [-0.1, -0.05) is 0 Å². The van der Waals surface area contributed by atoms with E-state index in [1.165, 1.54) is 0 Å². The van der Waals surface area contributed by atoms with Crippen LogP contribution < -0.4 is 11.1 Å². The number of fused-ring (bicyclic) bond motifs is 3. The topological polar surface area (TPSA) is 96.7 Å². The van der Waals surface area contributed by atoms with Gasteiger partial charge in [-0.2, -0.15) is 0 Å². The fourth-order valence-electron chi connectivity index (χ4n) is 1.87. The summed E-state index contributed by atoms with van der Waals surface area (Å²) < 4.78 is 1.43. The van der Waals surface area contributed by atoms with Crippen LogP contribution in [0.15, 0.2) is 15.3 Å². The third-order valence-electron chi connectivity index (χ3n) is 2.68. The van der Waals surface area contributed by atoms with Crippen molar-refractivity contribution < 1.29 is 4.79 Å². The maximum absolute atomic E-state index is 12.0. The highest BCUT2D eigenvalue weighted by Crippen LogP contribution is 2.39. The average molecular weight is 373 g/mol. The summed E-state index contributed by atoms with van der Waals surface area (Å²) in [4.78, 5) is 23.1. The van der Waals surface area contributed by atoms with E-state index in [1.54, 1.807) is 6.20 Å². The normalized spacial score (nSPS) is 13.6. The summed E-state index contributed by atoms with van der Waals surface area (Å²) in [6, 6.07) is 0. The lowest BCUT2D eigenvalue weighted by Crippen LogP contribution is -2.21. The number of anilines is 1. The highest BCUT2D eigenvalue weighted by molar-refractivity contribution is 9.13. The predicted octanol–water partition coefficient (Wildman–Crippen LogP) is 1.82. The molecule has 0 radical (unpaired) electrons. The third-order valence-corrected chi connectivity index (χ3v) is 4.60. The van der Waals surface area contributed by atoms with Gasteiger partial charge in [0.2, 0.25) is 5.95 Å². The van der Waals surface area contributed by atoms with Crippen molar-refractivity contribution in [1.82, 2.24) is 20.3 Å². The number of aromatic amines is 1. The first-order chi connectivity index (χ1) is 8.58. The van der Waals surface area contributed by atoms with Crippen molar-refractivity contribution in [2.75, 3.05) is 5.73 Å². The molecular weight excluding hydrogens is 366 g/mol. The summed E-state index contributed by atoms with van der Waals surface area (Å²) in [5.74, 6) is -0.00811. The first-order valence-corrected chi connectivity index (χ1v) is 6.63. The van der Waals surface area contributed by atoms with Gasteiger partial charge in [-0.15, -0.1) is 0 Å². The molecule has 0 unspecified atom stereocenters. The molecule has 0 saturated heterocycles. The molecule has 3 rings (SSSR count). The van der Waals surface area contributed by atoms with E-state index >= 15 is 0 Å². The largest absolute Gasteiger partial charge is 0.368 e. The summed E-state index contributed by atoms with van der Waals surface area (Å²) in [5.41, 5.74) is 8.24. The summed E-state index contributed by atoms with van der Waals surface area (Å²) in [6.07, 6.45) is 1.63. The Morgan fingerprint density at radius 3 is 2.94 bits per heavy atom. The molecule has 0 aromatic carbocycles. The standard InChI is InChI=1S/C10H7Br2N5O/c11-5-4-6-3(2-15-10(13)17-6)1-14-9(18)7(4)16-8(5)12/h2,16H,1H2,(H,14,18)(H2,13,15,17). The zero-order valence-corrected chi connectivity index (χ0v) is 12.1. The van der Waals surface area contributed by atoms with Crippen molar-refractivity contribution >= 4 is 43.7 Å². The van der Waals surface area contributed by atoms with Gasteiger partial charge < -0.3 is 16.0 Å². The van der Waals surface area contributed by atoms with Crippen LogP contribution in [-0.2, 0) is 6.54 Å². The van der Waals surface area contributed by atoms with Crippen LogP contribution in [0.4, 0.5) is 5.95 Å². The molecule has 0 bridgehead atoms. The van der Waals surface area contributed by atoms with Gasteiger partial charge >= 0.3 is 0 Å². The minimum absolute atomic E-state index is 0.179. The Kier molecular flexibility index (Phi) is 2.63. The molecule has 1 aliphatic rings. The Hall–Kier alpha value is -1.41. The Balaban J connectivity index is 2.37. The van der Waals surface area contributed by atoms with Gasteiger partial charge in [-0.3, -0.25) is 4.79 Å². The number of H-pyrrole nitrogens is 1. The molecule has 0 saturated carbocycles. The molecule has 6 nitrogen and oxygen atoms in total. The second-order valence-corrected chi connectivity index (χ2v) is 5.37. The Morgan fingerprint density at radius 2 is 2.17 bits per heavy atom. The molecule has 2 aromatic heterocycles. The lowest BCUT2D eigenvalue weighted by molar-refractivity contribution is 0.0948. The monoisotopic (exact) mass is 371 g/mol. The summed E-state index contributed by atoms with van der Waals surface area (Å²) in [5, 5.41) is 2.78. The number of rotatable bonds is 0. The van der Waals surface area contributed by atoms with E-state index in [0.29, 0.717) is 28.1 Å². The van der Waals surface area contributed by atoms with Gasteiger partial charge in [-0.25, -0.2) is 9.97 Å². The van der Waals surface area contributed by atoms with Crippen LogP contribution in [0, 0.1) is 0 Å². The van der Waals surface area contributed by atoms with E-state index in [1.807, 2.05) is 0 Å². The zero-order chi connectivity index (χ0) is 12.9. The molecule has 1 amide bonds. The van der Waals surface area contributed by atoms with Crippen molar-refractivity contribution in [3.8, 4) is 11.3 Å². The molecule has 0 spiro atoms. The predicted molar refractivity (Wildman–Crippen MR) is 72.8 cm³/mol. The average Bonchev–Trinajstić information content (AvgIpc) is 2.56. The number of nitrogen functional groups attached to an aromatic ring is 1. The number of aromatic nitrogens is 3. The Bertz CT molecular complexity index is 667. The quantitative estimate of drug-likeness (QED) is 0.657. The van der Waals surface area contributed by atoms with E-state index in [9.17, 15) is 4.79 Å². The molecular formula is C10H7Br2N5O. The van der Waals surface area contributed by atoms with Gasteiger partial charge in [0.1, 0.15) is 5.69 Å². The molecule has 4 N–H and O–H groups in total. The number of hydrogen-bond donors (Lipinski definition) is 3. The third kappa shape index (κ3) is 1.64. The molecule has 18 heavy (non-hydrogen) atoms. The fraction of sp³-hybridized carbons (Fsp3) is 0.100. The van der Waals surface area contributed by atoms with Crippen LogP contribution in [0.3, 0.4) is 0 Å². The molecule has 8 heteroatoms. The summed E-state index contributed by atoms with van der Waals surface area (Å²) in [6.45, 7) is 0.376. The Labute approximate surface area is 119 Å². The van der Waals surface area contributed by atoms with E-state index in [-0.39, 0.29) is 11.9 Å². The zero-order valence-electron chi connectivity index (χ0n) is 8.92. The summed E-state index contributed by atoms with van der Waals surface area (Å²) >= 11 is 6.78. The van der Waals surface area contributed by atoms with Gasteiger partial charge in [0, 0.05) is 23.9 Å². The van der Waals surface area contributed by atoms with Crippen molar-refractivity contribution in [3.05, 3.63) is 26.5 Å². The highest BCUT2D eigenvalue weighted by atomic mass is 79.9. The van der Waals surface area contributed by atoms with Crippen LogP contribution >= 0.6 is 31.9 Å². The molecule has 92 valence electrons. The smallest absolute Gasteiger partial charge is 0.268 e. The first-order valence-electron chi connectivity index (χ1n) is 5.05. The van der Waals surface area contributed by atoms with E-state index in [0.717, 1.165) is 10.0 Å². The molecule has 2 aromatic rings. The number of amides is 1. The number of halogens is 2. The van der Waals surface area contributed by atoms with Crippen molar-refractivity contribution in [2.24, 2.45) is 0 Å². The lowest BCUT2D eigenvalue weighted by atomic mass is 10.1. The number of carbonyl (C=O) groups excluding carboxylic acids is 1. The van der Waals surface area contributed by atoms with Gasteiger partial charge in [-0.05, 0) is 31.9 Å². The second kappa shape index (κ2) is 4.06. The number of hydrogen-bond acceptors (Lipinski definition) is 4. The van der Waals surface area contributed by atoms with E-state index < -0.39 is 0 Å². The lowest BCUT2D eigenvalue weighted by Gasteiger charge is -2.05. The minimum atomic E-state index is -0.187. The van der Waals surface area contributed by atoms with Crippen LogP contribution in [0.5, 0.6) is 0 Å². The molecule has 1 aliphatic heterocycles. The van der Waals surface area contributed by atoms with Crippen LogP contribution in [0.25, 0.3) is 11.3 Å². The molecule has 0 aliphatic carbocycles. The van der Waals surface area contributed by atoms with Crippen molar-refractivity contribution in [1.29, 1.82) is 0 Å². The SMILES string of the molecule is Nc1ncc2c(n1)-c1c([nH]c(Br)c1Br)C(=O)NC2. The van der Waals surface area contributed by atoms with Crippen LogP contribution in [0.1, 0.15) is 16.1 Å². The van der Waals surface area contributed by atoms with E-state index in [4.69, 9.17) is 5.73 Å². The minimum Gasteiger partial charge on any atom is -0.368 e. The van der Waals surface area contributed by atoms with Crippen LogP contribution in [0.2, 0.25) is 0 Å².